The molecule has 0 saturated carbocycles. The third-order valence-corrected chi connectivity index (χ3v) is 5.45. The molecule has 0 radical (unpaired) electrons. The first-order valence-electron chi connectivity index (χ1n) is 7.62. The van der Waals surface area contributed by atoms with Crippen LogP contribution in [-0.2, 0) is 13.0 Å². The van der Waals surface area contributed by atoms with E-state index in [1.807, 2.05) is 17.5 Å². The Morgan fingerprint density at radius 1 is 1.42 bits per heavy atom. The zero-order chi connectivity index (χ0) is 13.7. The number of nitrogens with one attached hydrogen (secondary N) is 1. The maximum Gasteiger partial charge on any atom is 0.107 e. The van der Waals surface area contributed by atoms with E-state index in [-0.39, 0.29) is 0 Å². The van der Waals surface area contributed by atoms with Crippen LogP contribution in [0.5, 0.6) is 0 Å². The van der Waals surface area contributed by atoms with Gasteiger partial charge in [0.05, 0.1) is 0 Å². The van der Waals surface area contributed by atoms with Crippen LogP contribution in [0.25, 0.3) is 0 Å². The first-order valence-corrected chi connectivity index (χ1v) is 8.43. The molecule has 0 bridgehead atoms. The molecule has 1 aromatic rings. The summed E-state index contributed by atoms with van der Waals surface area (Å²) >= 11 is 1.84. The standard InChI is InChI=1S/C15H27N3S/c1-4-14-10-17-15(19-14)11-16-12(3)13-6-8-18(5-2)9-7-13/h10,12-13,16H,4-9,11H2,1-3H3. The van der Waals surface area contributed by atoms with Gasteiger partial charge in [-0.05, 0) is 51.7 Å². The quantitative estimate of drug-likeness (QED) is 0.869. The van der Waals surface area contributed by atoms with Crippen LogP contribution in [-0.4, -0.2) is 35.6 Å². The van der Waals surface area contributed by atoms with Crippen molar-refractivity contribution in [3.63, 3.8) is 0 Å². The van der Waals surface area contributed by atoms with Crippen LogP contribution in [0.1, 0.15) is 43.5 Å². The smallest absolute Gasteiger partial charge is 0.107 e. The third-order valence-electron chi connectivity index (χ3n) is 4.31. The van der Waals surface area contributed by atoms with Crippen LogP contribution >= 0.6 is 11.3 Å². The maximum atomic E-state index is 4.48. The van der Waals surface area contributed by atoms with Gasteiger partial charge in [-0.2, -0.15) is 0 Å². The lowest BCUT2D eigenvalue weighted by Crippen LogP contribution is -2.41. The van der Waals surface area contributed by atoms with E-state index in [4.69, 9.17) is 0 Å². The van der Waals surface area contributed by atoms with Crippen LogP contribution in [0.2, 0.25) is 0 Å². The summed E-state index contributed by atoms with van der Waals surface area (Å²) in [6, 6.07) is 0.605. The molecule has 1 fully saturated rings. The van der Waals surface area contributed by atoms with Gasteiger partial charge < -0.3 is 10.2 Å². The normalized spacial score (nSPS) is 19.7. The van der Waals surface area contributed by atoms with E-state index >= 15 is 0 Å². The number of piperidine rings is 1. The minimum absolute atomic E-state index is 0.605. The van der Waals surface area contributed by atoms with Crippen LogP contribution in [0.4, 0.5) is 0 Å². The molecule has 0 aliphatic carbocycles. The largest absolute Gasteiger partial charge is 0.308 e. The number of hydrogen-bond acceptors (Lipinski definition) is 4. The second-order valence-electron chi connectivity index (χ2n) is 5.52. The van der Waals surface area contributed by atoms with Crippen molar-refractivity contribution >= 4 is 11.3 Å². The highest BCUT2D eigenvalue weighted by molar-refractivity contribution is 7.11. The Bertz CT molecular complexity index is 369. The molecule has 19 heavy (non-hydrogen) atoms. The van der Waals surface area contributed by atoms with E-state index in [1.165, 1.54) is 42.4 Å². The van der Waals surface area contributed by atoms with Gasteiger partial charge in [-0.15, -0.1) is 11.3 Å². The van der Waals surface area contributed by atoms with Crippen molar-refractivity contribution in [3.8, 4) is 0 Å². The van der Waals surface area contributed by atoms with Gasteiger partial charge in [0.15, 0.2) is 0 Å². The molecule has 4 heteroatoms. The van der Waals surface area contributed by atoms with Gasteiger partial charge in [-0.1, -0.05) is 13.8 Å². The molecule has 2 heterocycles. The molecule has 1 aliphatic heterocycles. The molecule has 3 nitrogen and oxygen atoms in total. The van der Waals surface area contributed by atoms with E-state index in [9.17, 15) is 0 Å². The summed E-state index contributed by atoms with van der Waals surface area (Å²) in [6.07, 6.45) is 5.79. The zero-order valence-electron chi connectivity index (χ0n) is 12.5. The number of rotatable bonds is 6. The molecule has 1 N–H and O–H groups in total. The third kappa shape index (κ3) is 4.26. The summed E-state index contributed by atoms with van der Waals surface area (Å²) in [5, 5.41) is 4.90. The zero-order valence-corrected chi connectivity index (χ0v) is 13.3. The van der Waals surface area contributed by atoms with Crippen LogP contribution in [0, 0.1) is 5.92 Å². The average Bonchev–Trinajstić information content (AvgIpc) is 2.93. The molecule has 0 spiro atoms. The minimum atomic E-state index is 0.605. The van der Waals surface area contributed by atoms with Gasteiger partial charge in [0, 0.05) is 23.7 Å². The fourth-order valence-electron chi connectivity index (χ4n) is 2.78. The average molecular weight is 281 g/mol. The Hall–Kier alpha value is -0.450. The molecule has 1 atom stereocenters. The fraction of sp³-hybridized carbons (Fsp3) is 0.800. The lowest BCUT2D eigenvalue weighted by molar-refractivity contribution is 0.168. The van der Waals surface area contributed by atoms with Crippen LogP contribution in [0.3, 0.4) is 0 Å². The fourth-order valence-corrected chi connectivity index (χ4v) is 3.59. The Morgan fingerprint density at radius 2 is 2.16 bits per heavy atom. The van der Waals surface area contributed by atoms with Gasteiger partial charge in [-0.25, -0.2) is 4.98 Å². The van der Waals surface area contributed by atoms with Gasteiger partial charge >= 0.3 is 0 Å². The monoisotopic (exact) mass is 281 g/mol. The predicted molar refractivity (Wildman–Crippen MR) is 82.6 cm³/mol. The van der Waals surface area contributed by atoms with E-state index in [1.54, 1.807) is 0 Å². The highest BCUT2D eigenvalue weighted by atomic mass is 32.1. The second-order valence-corrected chi connectivity index (χ2v) is 6.71. The summed E-state index contributed by atoms with van der Waals surface area (Å²) in [7, 11) is 0. The summed E-state index contributed by atoms with van der Waals surface area (Å²) in [5.41, 5.74) is 0. The summed E-state index contributed by atoms with van der Waals surface area (Å²) in [6.45, 7) is 11.5. The van der Waals surface area contributed by atoms with E-state index < -0.39 is 0 Å². The Morgan fingerprint density at radius 3 is 2.74 bits per heavy atom. The van der Waals surface area contributed by atoms with Crippen molar-refractivity contribution in [2.45, 2.75) is 52.6 Å². The van der Waals surface area contributed by atoms with Gasteiger partial charge in [0.2, 0.25) is 0 Å². The number of likely N-dealkylation sites (tertiary alicyclic amines) is 1. The predicted octanol–water partition coefficient (Wildman–Crippen LogP) is 2.92. The van der Waals surface area contributed by atoms with Gasteiger partial charge in [-0.3, -0.25) is 0 Å². The van der Waals surface area contributed by atoms with E-state index in [0.717, 1.165) is 18.9 Å². The molecule has 0 aromatic carbocycles. The molecular formula is C15H27N3S. The molecule has 2 rings (SSSR count). The number of thiazole rings is 1. The number of nitrogens with zero attached hydrogens (tertiary/aromatic N) is 2. The Kier molecular flexibility index (Phi) is 5.79. The SMILES string of the molecule is CCc1cnc(CNC(C)C2CCN(CC)CC2)s1. The van der Waals surface area contributed by atoms with Crippen molar-refractivity contribution in [1.82, 2.24) is 15.2 Å². The van der Waals surface area contributed by atoms with Crippen molar-refractivity contribution < 1.29 is 0 Å². The summed E-state index contributed by atoms with van der Waals surface area (Å²) in [5.74, 6) is 0.827. The highest BCUT2D eigenvalue weighted by Gasteiger charge is 2.22. The van der Waals surface area contributed by atoms with Gasteiger partial charge in [0.1, 0.15) is 5.01 Å². The lowest BCUT2D eigenvalue weighted by Gasteiger charge is -2.34. The second kappa shape index (κ2) is 7.36. The highest BCUT2D eigenvalue weighted by Crippen LogP contribution is 2.21. The Labute approximate surface area is 121 Å². The topological polar surface area (TPSA) is 28.2 Å². The van der Waals surface area contributed by atoms with Crippen molar-refractivity contribution in [2.24, 2.45) is 5.92 Å². The lowest BCUT2D eigenvalue weighted by atomic mass is 9.90. The number of aromatic nitrogens is 1. The first kappa shape index (κ1) is 14.9. The van der Waals surface area contributed by atoms with E-state index in [2.05, 4.69) is 36.0 Å². The van der Waals surface area contributed by atoms with Crippen molar-refractivity contribution in [1.29, 1.82) is 0 Å². The number of hydrogen-bond donors (Lipinski definition) is 1. The van der Waals surface area contributed by atoms with Crippen LogP contribution < -0.4 is 5.32 Å². The van der Waals surface area contributed by atoms with Crippen LogP contribution in [0.15, 0.2) is 6.20 Å². The summed E-state index contributed by atoms with van der Waals surface area (Å²) < 4.78 is 0. The van der Waals surface area contributed by atoms with Crippen molar-refractivity contribution in [3.05, 3.63) is 16.1 Å². The van der Waals surface area contributed by atoms with Gasteiger partial charge in [0.25, 0.3) is 0 Å². The van der Waals surface area contributed by atoms with E-state index in [0.29, 0.717) is 6.04 Å². The Balaban J connectivity index is 1.73. The maximum absolute atomic E-state index is 4.48. The van der Waals surface area contributed by atoms with Crippen molar-refractivity contribution in [2.75, 3.05) is 19.6 Å². The molecule has 108 valence electrons. The summed E-state index contributed by atoms with van der Waals surface area (Å²) in [4.78, 5) is 8.42. The molecule has 1 saturated heterocycles. The molecule has 0 amide bonds. The number of aryl methyl sites for hydroxylation is 1. The first-order chi connectivity index (χ1) is 9.22. The molecule has 1 aliphatic rings. The molecule has 1 unspecified atom stereocenters. The minimum Gasteiger partial charge on any atom is -0.308 e. The molecule has 1 aromatic heterocycles. The molecular weight excluding hydrogens is 254 g/mol.